The first-order valence-corrected chi connectivity index (χ1v) is 8.35. The van der Waals surface area contributed by atoms with Crippen molar-refractivity contribution in [2.45, 2.75) is 55.8 Å². The summed E-state index contributed by atoms with van der Waals surface area (Å²) in [4.78, 5) is 1.77. The highest BCUT2D eigenvalue weighted by Gasteiger charge is 2.75. The molecular weight excluding hydrogens is 436 g/mol. The number of nitrogens with one attached hydrogen (secondary N) is 1. The average molecular weight is 458 g/mol. The van der Waals surface area contributed by atoms with Crippen molar-refractivity contribution in [2.75, 3.05) is 33.7 Å². The van der Waals surface area contributed by atoms with E-state index in [1.54, 1.807) is 19.0 Å². The third kappa shape index (κ3) is 9.18. The number of alkyl halides is 12. The van der Waals surface area contributed by atoms with Crippen LogP contribution in [0.5, 0.6) is 0 Å². The molecule has 0 aromatic heterocycles. The van der Waals surface area contributed by atoms with Gasteiger partial charge in [0.1, 0.15) is 0 Å². The number of nitrogens with zero attached hydrogens (tertiary/aromatic N) is 1. The Morgan fingerprint density at radius 1 is 0.759 bits per heavy atom. The van der Waals surface area contributed by atoms with Crippen LogP contribution >= 0.6 is 0 Å². The molecule has 0 fully saturated rings. The van der Waals surface area contributed by atoms with Crippen LogP contribution in [0.1, 0.15) is 25.7 Å². The Morgan fingerprint density at radius 3 is 1.62 bits per heavy atom. The summed E-state index contributed by atoms with van der Waals surface area (Å²) in [5, 5.41) is 2.52. The molecule has 1 unspecified atom stereocenters. The average Bonchev–Trinajstić information content (AvgIpc) is 2.45. The molecule has 1 N–H and O–H groups in total. The molecule has 1 atom stereocenters. The standard InChI is InChI=1S/C15H22F12N2/c1-29(2)7-3-5-28-6-4-10(13(19,20)21)8-11(16,17)9-12(18,14(22,23)24)15(25,26)27/h10,28H,3-9H2,1-2H3. The Labute approximate surface area is 159 Å². The molecule has 2 nitrogen and oxygen atoms in total. The molecule has 176 valence electrons. The highest BCUT2D eigenvalue weighted by Crippen LogP contribution is 2.53. The Morgan fingerprint density at radius 2 is 1.24 bits per heavy atom. The largest absolute Gasteiger partial charge is 0.431 e. The molecule has 0 saturated carbocycles. The summed E-state index contributed by atoms with van der Waals surface area (Å²) in [6.45, 7) is 0.336. The molecule has 0 aliphatic heterocycles. The number of hydrogen-bond donors (Lipinski definition) is 1. The van der Waals surface area contributed by atoms with E-state index in [0.29, 0.717) is 13.0 Å². The maximum absolute atomic E-state index is 13.7. The van der Waals surface area contributed by atoms with E-state index in [1.807, 2.05) is 0 Å². The lowest BCUT2D eigenvalue weighted by molar-refractivity contribution is -0.355. The molecule has 0 aliphatic rings. The first-order chi connectivity index (χ1) is 12.7. The maximum atomic E-state index is 13.7. The second-order valence-electron chi connectivity index (χ2n) is 6.97. The Hall–Kier alpha value is -0.920. The van der Waals surface area contributed by atoms with Gasteiger partial charge in [-0.25, -0.2) is 13.2 Å². The van der Waals surface area contributed by atoms with Gasteiger partial charge in [0.15, 0.2) is 0 Å². The van der Waals surface area contributed by atoms with Crippen molar-refractivity contribution >= 4 is 0 Å². The molecule has 0 amide bonds. The highest BCUT2D eigenvalue weighted by molar-refractivity contribution is 4.98. The molecule has 0 spiro atoms. The molecule has 0 rings (SSSR count). The van der Waals surface area contributed by atoms with E-state index in [4.69, 9.17) is 0 Å². The zero-order valence-electron chi connectivity index (χ0n) is 15.5. The lowest BCUT2D eigenvalue weighted by Crippen LogP contribution is -2.56. The van der Waals surface area contributed by atoms with Gasteiger partial charge in [-0.3, -0.25) is 0 Å². The van der Waals surface area contributed by atoms with Crippen molar-refractivity contribution in [1.29, 1.82) is 0 Å². The van der Waals surface area contributed by atoms with E-state index in [1.165, 1.54) is 0 Å². The Balaban J connectivity index is 5.13. The van der Waals surface area contributed by atoms with Crippen LogP contribution in [0.25, 0.3) is 0 Å². The zero-order valence-corrected chi connectivity index (χ0v) is 15.5. The van der Waals surface area contributed by atoms with Crippen molar-refractivity contribution < 1.29 is 52.7 Å². The van der Waals surface area contributed by atoms with Crippen LogP contribution in [0.15, 0.2) is 0 Å². The Kier molecular flexibility index (Phi) is 9.61. The van der Waals surface area contributed by atoms with Crippen molar-refractivity contribution in [3.05, 3.63) is 0 Å². The van der Waals surface area contributed by atoms with Gasteiger partial charge < -0.3 is 10.2 Å². The summed E-state index contributed by atoms with van der Waals surface area (Å²) in [6, 6.07) is 0. The summed E-state index contributed by atoms with van der Waals surface area (Å²) in [5.41, 5.74) is -6.33. The monoisotopic (exact) mass is 458 g/mol. The van der Waals surface area contributed by atoms with Crippen LogP contribution < -0.4 is 5.32 Å². The van der Waals surface area contributed by atoms with Gasteiger partial charge >= 0.3 is 24.2 Å². The summed E-state index contributed by atoms with van der Waals surface area (Å²) in [6.07, 6.45) is -25.2. The van der Waals surface area contributed by atoms with Gasteiger partial charge in [-0.15, -0.1) is 0 Å². The molecule has 0 heterocycles. The molecular formula is C15H22F12N2. The van der Waals surface area contributed by atoms with E-state index in [2.05, 4.69) is 5.32 Å². The molecule has 0 aromatic carbocycles. The van der Waals surface area contributed by atoms with Crippen LogP contribution in [0.2, 0.25) is 0 Å². The normalized spacial score (nSPS) is 15.8. The van der Waals surface area contributed by atoms with Crippen LogP contribution in [0, 0.1) is 5.92 Å². The molecule has 0 radical (unpaired) electrons. The van der Waals surface area contributed by atoms with Gasteiger partial charge in [0.05, 0.1) is 12.3 Å². The minimum atomic E-state index is -6.77. The van der Waals surface area contributed by atoms with Crippen LogP contribution in [0.3, 0.4) is 0 Å². The van der Waals surface area contributed by atoms with Crippen molar-refractivity contribution in [1.82, 2.24) is 10.2 Å². The van der Waals surface area contributed by atoms with Gasteiger partial charge in [0.2, 0.25) is 0 Å². The minimum Gasteiger partial charge on any atom is -0.317 e. The maximum Gasteiger partial charge on any atom is 0.431 e. The number of hydrogen-bond acceptors (Lipinski definition) is 2. The summed E-state index contributed by atoms with van der Waals surface area (Å²) in [5.74, 6) is -8.12. The fourth-order valence-corrected chi connectivity index (χ4v) is 2.45. The second-order valence-corrected chi connectivity index (χ2v) is 6.97. The van der Waals surface area contributed by atoms with E-state index in [-0.39, 0.29) is 6.54 Å². The van der Waals surface area contributed by atoms with E-state index < -0.39 is 61.8 Å². The number of rotatable bonds is 11. The summed E-state index contributed by atoms with van der Waals surface area (Å²) < 4.78 is 154. The van der Waals surface area contributed by atoms with E-state index >= 15 is 0 Å². The lowest BCUT2D eigenvalue weighted by Gasteiger charge is -2.34. The van der Waals surface area contributed by atoms with Gasteiger partial charge in [-0.2, -0.15) is 39.5 Å². The summed E-state index contributed by atoms with van der Waals surface area (Å²) in [7, 11) is 3.46. The van der Waals surface area contributed by atoms with Crippen LogP contribution in [-0.2, 0) is 0 Å². The first-order valence-electron chi connectivity index (χ1n) is 8.35. The van der Waals surface area contributed by atoms with Crippen LogP contribution in [0.4, 0.5) is 52.7 Å². The van der Waals surface area contributed by atoms with Gasteiger partial charge in [-0.05, 0) is 46.6 Å². The molecule has 0 saturated heterocycles. The van der Waals surface area contributed by atoms with Gasteiger partial charge in [-0.1, -0.05) is 0 Å². The molecule has 0 aromatic rings. The Bertz CT molecular complexity index is 467. The van der Waals surface area contributed by atoms with Crippen molar-refractivity contribution in [3.8, 4) is 0 Å². The third-order valence-corrected chi connectivity index (χ3v) is 4.04. The third-order valence-electron chi connectivity index (χ3n) is 4.04. The predicted octanol–water partition coefficient (Wildman–Crippen LogP) is 5.34. The molecule has 0 aliphatic carbocycles. The predicted molar refractivity (Wildman–Crippen MR) is 80.3 cm³/mol. The minimum absolute atomic E-state index is 0.217. The SMILES string of the molecule is CN(C)CCCNCCC(CC(F)(F)CC(F)(C(F)(F)F)C(F)(F)F)C(F)(F)F. The first kappa shape index (κ1) is 28.1. The topological polar surface area (TPSA) is 15.3 Å². The van der Waals surface area contributed by atoms with Crippen molar-refractivity contribution in [2.24, 2.45) is 5.92 Å². The quantitative estimate of drug-likeness (QED) is 0.332. The number of halogens is 12. The van der Waals surface area contributed by atoms with E-state index in [0.717, 1.165) is 0 Å². The molecule has 0 bridgehead atoms. The smallest absolute Gasteiger partial charge is 0.317 e. The molecule has 14 heteroatoms. The van der Waals surface area contributed by atoms with Gasteiger partial charge in [0.25, 0.3) is 5.92 Å². The van der Waals surface area contributed by atoms with Crippen LogP contribution in [-0.4, -0.2) is 68.7 Å². The zero-order chi connectivity index (χ0) is 23.3. The fourth-order valence-electron chi connectivity index (χ4n) is 2.45. The second kappa shape index (κ2) is 9.92. The fraction of sp³-hybridized carbons (Fsp3) is 1.00. The highest BCUT2D eigenvalue weighted by atomic mass is 19.4. The van der Waals surface area contributed by atoms with E-state index in [9.17, 15) is 52.7 Å². The molecule has 29 heavy (non-hydrogen) atoms. The summed E-state index contributed by atoms with van der Waals surface area (Å²) >= 11 is 0. The lowest BCUT2D eigenvalue weighted by atomic mass is 9.88. The van der Waals surface area contributed by atoms with Crippen molar-refractivity contribution in [3.63, 3.8) is 0 Å². The van der Waals surface area contributed by atoms with Gasteiger partial charge in [0, 0.05) is 6.42 Å².